The molecule has 2 amide bonds. The molecule has 1 aliphatic rings. The Bertz CT molecular complexity index is 491. The van der Waals surface area contributed by atoms with E-state index in [1.807, 2.05) is 30.3 Å². The third kappa shape index (κ3) is 2.25. The highest BCUT2D eigenvalue weighted by atomic mass is 16.6. The van der Waals surface area contributed by atoms with Crippen LogP contribution in [0.1, 0.15) is 5.56 Å². The van der Waals surface area contributed by atoms with E-state index in [-0.39, 0.29) is 12.3 Å². The van der Waals surface area contributed by atoms with Gasteiger partial charge >= 0.3 is 6.09 Å². The molecule has 4 nitrogen and oxygen atoms in total. The van der Waals surface area contributed by atoms with Gasteiger partial charge in [0.15, 0.2) is 5.76 Å². The average Bonchev–Trinajstić information content (AvgIpc) is 2.59. The molecule has 17 heavy (non-hydrogen) atoms. The standard InChI is InChI=1S/C13H11NO3/c1-2-8-14-12(15)11(17-13(14)16)9-10-6-4-3-5-7-10/h2-7,9H,1,8H2/b11-9-. The highest BCUT2D eigenvalue weighted by Crippen LogP contribution is 2.19. The van der Waals surface area contributed by atoms with Crippen molar-refractivity contribution < 1.29 is 14.3 Å². The molecule has 1 aliphatic heterocycles. The van der Waals surface area contributed by atoms with E-state index in [2.05, 4.69) is 6.58 Å². The first-order chi connectivity index (χ1) is 8.22. The SMILES string of the molecule is C=CCN1C(=O)O/C(=C\c2ccccc2)C1=O. The van der Waals surface area contributed by atoms with E-state index < -0.39 is 12.0 Å². The fourth-order valence-corrected chi connectivity index (χ4v) is 1.49. The van der Waals surface area contributed by atoms with Crippen molar-refractivity contribution in [2.24, 2.45) is 0 Å². The van der Waals surface area contributed by atoms with Crippen molar-refractivity contribution in [1.82, 2.24) is 4.90 Å². The summed E-state index contributed by atoms with van der Waals surface area (Å²) >= 11 is 0. The predicted molar refractivity (Wildman–Crippen MR) is 62.8 cm³/mol. The molecule has 0 unspecified atom stereocenters. The Labute approximate surface area is 98.8 Å². The summed E-state index contributed by atoms with van der Waals surface area (Å²) in [6.07, 6.45) is 2.37. The number of nitrogens with zero attached hydrogens (tertiary/aromatic N) is 1. The number of hydrogen-bond donors (Lipinski definition) is 0. The first kappa shape index (κ1) is 11.1. The topological polar surface area (TPSA) is 46.6 Å². The van der Waals surface area contributed by atoms with Crippen LogP contribution in [0.4, 0.5) is 4.79 Å². The highest BCUT2D eigenvalue weighted by molar-refractivity contribution is 6.10. The number of carbonyl (C=O) groups excluding carboxylic acids is 2. The number of benzene rings is 1. The quantitative estimate of drug-likeness (QED) is 0.589. The molecule has 1 saturated heterocycles. The maximum Gasteiger partial charge on any atom is 0.422 e. The lowest BCUT2D eigenvalue weighted by Crippen LogP contribution is -2.28. The smallest absolute Gasteiger partial charge is 0.404 e. The lowest BCUT2D eigenvalue weighted by atomic mass is 10.2. The Morgan fingerprint density at radius 2 is 1.94 bits per heavy atom. The van der Waals surface area contributed by atoms with Crippen LogP contribution in [0.3, 0.4) is 0 Å². The Morgan fingerprint density at radius 1 is 1.24 bits per heavy atom. The predicted octanol–water partition coefficient (Wildman–Crippen LogP) is 2.19. The summed E-state index contributed by atoms with van der Waals surface area (Å²) in [7, 11) is 0. The number of imide groups is 1. The molecule has 2 rings (SSSR count). The van der Waals surface area contributed by atoms with E-state index >= 15 is 0 Å². The van der Waals surface area contributed by atoms with E-state index in [9.17, 15) is 9.59 Å². The van der Waals surface area contributed by atoms with Crippen molar-refractivity contribution in [2.45, 2.75) is 0 Å². The van der Waals surface area contributed by atoms with Gasteiger partial charge in [-0.15, -0.1) is 6.58 Å². The van der Waals surface area contributed by atoms with Crippen LogP contribution in [0.2, 0.25) is 0 Å². The number of ether oxygens (including phenoxy) is 1. The zero-order valence-corrected chi connectivity index (χ0v) is 9.13. The lowest BCUT2D eigenvalue weighted by molar-refractivity contribution is -0.122. The zero-order chi connectivity index (χ0) is 12.3. The van der Waals surface area contributed by atoms with Crippen molar-refractivity contribution in [1.29, 1.82) is 0 Å². The minimum Gasteiger partial charge on any atom is -0.404 e. The number of cyclic esters (lactones) is 1. The van der Waals surface area contributed by atoms with Gasteiger partial charge in [-0.2, -0.15) is 0 Å². The summed E-state index contributed by atoms with van der Waals surface area (Å²) in [5.74, 6) is -0.387. The molecule has 1 fully saturated rings. The molecule has 0 bridgehead atoms. The third-order valence-corrected chi connectivity index (χ3v) is 2.28. The molecule has 86 valence electrons. The highest BCUT2D eigenvalue weighted by Gasteiger charge is 2.35. The van der Waals surface area contributed by atoms with Crippen LogP contribution in [-0.4, -0.2) is 23.4 Å². The van der Waals surface area contributed by atoms with E-state index in [1.165, 1.54) is 6.08 Å². The van der Waals surface area contributed by atoms with Gasteiger partial charge in [0.1, 0.15) is 0 Å². The Hall–Kier alpha value is -2.36. The van der Waals surface area contributed by atoms with Gasteiger partial charge in [-0.05, 0) is 11.6 Å². The molecule has 0 radical (unpaired) electrons. The molecular weight excluding hydrogens is 218 g/mol. The fourth-order valence-electron chi connectivity index (χ4n) is 1.49. The van der Waals surface area contributed by atoms with Gasteiger partial charge in [-0.3, -0.25) is 4.79 Å². The molecule has 0 N–H and O–H groups in total. The molecule has 1 aromatic rings. The third-order valence-electron chi connectivity index (χ3n) is 2.28. The largest absolute Gasteiger partial charge is 0.422 e. The first-order valence-corrected chi connectivity index (χ1v) is 5.13. The minimum atomic E-state index is -0.655. The number of carbonyl (C=O) groups is 2. The van der Waals surface area contributed by atoms with Crippen LogP contribution in [0.15, 0.2) is 48.7 Å². The monoisotopic (exact) mass is 229 g/mol. The second kappa shape index (κ2) is 4.65. The van der Waals surface area contributed by atoms with Crippen LogP contribution in [-0.2, 0) is 9.53 Å². The Kier molecular flexibility index (Phi) is 3.05. The van der Waals surface area contributed by atoms with Gasteiger partial charge in [-0.1, -0.05) is 36.4 Å². The van der Waals surface area contributed by atoms with Gasteiger partial charge in [0.2, 0.25) is 0 Å². The fraction of sp³-hybridized carbons (Fsp3) is 0.0769. The van der Waals surface area contributed by atoms with Crippen LogP contribution in [0, 0.1) is 0 Å². The number of amides is 2. The maximum absolute atomic E-state index is 11.8. The van der Waals surface area contributed by atoms with Gasteiger partial charge in [-0.25, -0.2) is 9.69 Å². The van der Waals surface area contributed by atoms with Gasteiger partial charge < -0.3 is 4.74 Å². The summed E-state index contributed by atoms with van der Waals surface area (Å²) in [6.45, 7) is 3.64. The molecule has 0 spiro atoms. The summed E-state index contributed by atoms with van der Waals surface area (Å²) < 4.78 is 4.89. The second-order valence-corrected chi connectivity index (χ2v) is 3.49. The van der Waals surface area contributed by atoms with Crippen LogP contribution in [0.25, 0.3) is 6.08 Å². The molecular formula is C13H11NO3. The summed E-state index contributed by atoms with van der Waals surface area (Å²) in [6, 6.07) is 9.20. The van der Waals surface area contributed by atoms with Crippen molar-refractivity contribution in [2.75, 3.05) is 6.54 Å². The summed E-state index contributed by atoms with van der Waals surface area (Å²) in [5.41, 5.74) is 0.809. The van der Waals surface area contributed by atoms with Gasteiger partial charge in [0.25, 0.3) is 5.91 Å². The first-order valence-electron chi connectivity index (χ1n) is 5.13. The van der Waals surface area contributed by atoms with Crippen molar-refractivity contribution in [3.63, 3.8) is 0 Å². The maximum atomic E-state index is 11.8. The average molecular weight is 229 g/mol. The van der Waals surface area contributed by atoms with Crippen molar-refractivity contribution >= 4 is 18.1 Å². The van der Waals surface area contributed by atoms with E-state index in [0.717, 1.165) is 10.5 Å². The van der Waals surface area contributed by atoms with E-state index in [0.29, 0.717) is 0 Å². The van der Waals surface area contributed by atoms with Crippen molar-refractivity contribution in [3.8, 4) is 0 Å². The molecule has 0 aromatic heterocycles. The van der Waals surface area contributed by atoms with E-state index in [1.54, 1.807) is 6.08 Å². The Balaban J connectivity index is 2.25. The second-order valence-electron chi connectivity index (χ2n) is 3.49. The molecule has 0 atom stereocenters. The van der Waals surface area contributed by atoms with Gasteiger partial charge in [0.05, 0.1) is 6.54 Å². The van der Waals surface area contributed by atoms with Crippen LogP contribution >= 0.6 is 0 Å². The number of hydrogen-bond acceptors (Lipinski definition) is 3. The van der Waals surface area contributed by atoms with Crippen LogP contribution < -0.4 is 0 Å². The molecule has 1 aromatic carbocycles. The van der Waals surface area contributed by atoms with Crippen molar-refractivity contribution in [3.05, 3.63) is 54.3 Å². The van der Waals surface area contributed by atoms with Crippen LogP contribution in [0.5, 0.6) is 0 Å². The Morgan fingerprint density at radius 3 is 2.59 bits per heavy atom. The lowest BCUT2D eigenvalue weighted by Gasteiger charge is -2.04. The molecule has 4 heteroatoms. The summed E-state index contributed by atoms with van der Waals surface area (Å²) in [4.78, 5) is 24.1. The van der Waals surface area contributed by atoms with Gasteiger partial charge in [0, 0.05) is 0 Å². The zero-order valence-electron chi connectivity index (χ0n) is 9.13. The minimum absolute atomic E-state index is 0.0445. The van der Waals surface area contributed by atoms with E-state index in [4.69, 9.17) is 4.74 Å². The normalized spacial score (nSPS) is 17.4. The molecule has 1 heterocycles. The summed E-state index contributed by atoms with van der Waals surface area (Å²) in [5, 5.41) is 0. The molecule has 0 saturated carbocycles. The molecule has 0 aliphatic carbocycles. The number of rotatable bonds is 3.